The first kappa shape index (κ1) is 19.2. The molecule has 1 heterocycles. The maximum Gasteiger partial charge on any atom is 0.234 e. The molecule has 1 amide bonds. The van der Waals surface area contributed by atoms with Crippen LogP contribution in [-0.2, 0) is 4.79 Å². The normalized spacial score (nSPS) is 17.7. The summed E-state index contributed by atoms with van der Waals surface area (Å²) in [5.41, 5.74) is 1.61. The fourth-order valence-corrected chi connectivity index (χ4v) is 3.34. The molecule has 0 saturated carbocycles. The van der Waals surface area contributed by atoms with Gasteiger partial charge in [0.05, 0.1) is 12.6 Å². The average molecular weight is 370 g/mol. The van der Waals surface area contributed by atoms with E-state index < -0.39 is 11.6 Å². The molecule has 1 atom stereocenters. The first-order valence-corrected chi connectivity index (χ1v) is 8.99. The van der Waals surface area contributed by atoms with Crippen LogP contribution in [-0.4, -0.2) is 29.4 Å². The number of carbonyl (C=O) groups excluding carboxylic acids is 1. The highest BCUT2D eigenvalue weighted by Gasteiger charge is 2.30. The van der Waals surface area contributed by atoms with Crippen molar-refractivity contribution in [3.05, 3.63) is 77.4 Å². The fraction of sp³-hybridized carbons (Fsp3) is 0.318. The second-order valence-electron chi connectivity index (χ2n) is 7.87. The number of benzene rings is 2. The second-order valence-corrected chi connectivity index (χ2v) is 7.87. The first-order valence-electron chi connectivity index (χ1n) is 8.99. The Labute approximate surface area is 158 Å². The van der Waals surface area contributed by atoms with Crippen LogP contribution in [0.3, 0.4) is 0 Å². The molecule has 1 N–H and O–H groups in total. The predicted molar refractivity (Wildman–Crippen MR) is 103 cm³/mol. The zero-order valence-electron chi connectivity index (χ0n) is 15.8. The van der Waals surface area contributed by atoms with Gasteiger partial charge in [0.25, 0.3) is 0 Å². The van der Waals surface area contributed by atoms with E-state index in [1.807, 2.05) is 62.1 Å². The zero-order chi connectivity index (χ0) is 19.6. The number of nitrogens with one attached hydrogen (secondary N) is 1. The van der Waals surface area contributed by atoms with Gasteiger partial charge in [0.2, 0.25) is 5.91 Å². The van der Waals surface area contributed by atoms with Gasteiger partial charge in [-0.25, -0.2) is 8.78 Å². The molecule has 27 heavy (non-hydrogen) atoms. The van der Waals surface area contributed by atoms with Crippen molar-refractivity contribution in [3.63, 3.8) is 0 Å². The van der Waals surface area contributed by atoms with Crippen molar-refractivity contribution in [2.24, 2.45) is 0 Å². The van der Waals surface area contributed by atoms with Crippen LogP contribution >= 0.6 is 0 Å². The van der Waals surface area contributed by atoms with Crippen molar-refractivity contribution < 1.29 is 13.6 Å². The number of nitrogens with zero attached hydrogens (tertiary/aromatic N) is 1. The third kappa shape index (κ3) is 4.80. The molecule has 142 valence electrons. The molecule has 0 aliphatic carbocycles. The molecule has 1 aliphatic heterocycles. The minimum atomic E-state index is -0.479. The second kappa shape index (κ2) is 7.61. The van der Waals surface area contributed by atoms with Crippen molar-refractivity contribution >= 4 is 11.5 Å². The summed E-state index contributed by atoms with van der Waals surface area (Å²) in [7, 11) is 0. The van der Waals surface area contributed by atoms with E-state index in [0.717, 1.165) is 17.7 Å². The van der Waals surface area contributed by atoms with Crippen LogP contribution in [0.1, 0.15) is 37.9 Å². The van der Waals surface area contributed by atoms with Crippen molar-refractivity contribution in [1.29, 1.82) is 0 Å². The summed E-state index contributed by atoms with van der Waals surface area (Å²) in [6, 6.07) is 13.0. The maximum atomic E-state index is 14.3. The first-order chi connectivity index (χ1) is 12.7. The van der Waals surface area contributed by atoms with Crippen molar-refractivity contribution in [2.45, 2.75) is 32.4 Å². The van der Waals surface area contributed by atoms with Gasteiger partial charge in [0, 0.05) is 17.6 Å². The lowest BCUT2D eigenvalue weighted by Gasteiger charge is -2.27. The molecule has 3 nitrogen and oxygen atoms in total. The molecule has 5 heteroatoms. The Morgan fingerprint density at radius 1 is 1.15 bits per heavy atom. The average Bonchev–Trinajstić information content (AvgIpc) is 2.99. The predicted octanol–water partition coefficient (Wildman–Crippen LogP) is 4.32. The van der Waals surface area contributed by atoms with Gasteiger partial charge in [-0.2, -0.15) is 0 Å². The molecule has 0 spiro atoms. The Morgan fingerprint density at radius 3 is 2.52 bits per heavy atom. The van der Waals surface area contributed by atoms with Crippen molar-refractivity contribution in [2.75, 3.05) is 13.1 Å². The summed E-state index contributed by atoms with van der Waals surface area (Å²) in [6.07, 6.45) is 1.91. The fourth-order valence-electron chi connectivity index (χ4n) is 3.34. The summed E-state index contributed by atoms with van der Waals surface area (Å²) in [5.74, 6) is -1.04. The zero-order valence-corrected chi connectivity index (χ0v) is 15.8. The molecular formula is C22H24F2N2O. The van der Waals surface area contributed by atoms with Gasteiger partial charge in [-0.15, -0.1) is 0 Å². The molecule has 1 aliphatic rings. The Morgan fingerprint density at radius 2 is 1.85 bits per heavy atom. The third-order valence-electron chi connectivity index (χ3n) is 4.40. The Bertz CT molecular complexity index is 856. The van der Waals surface area contributed by atoms with E-state index in [9.17, 15) is 13.6 Å². The van der Waals surface area contributed by atoms with Crippen LogP contribution in [0.4, 0.5) is 8.78 Å². The summed E-state index contributed by atoms with van der Waals surface area (Å²) in [5, 5.41) is 2.96. The van der Waals surface area contributed by atoms with E-state index in [-0.39, 0.29) is 29.6 Å². The minimum absolute atomic E-state index is 0.0993. The van der Waals surface area contributed by atoms with E-state index >= 15 is 0 Å². The molecular weight excluding hydrogens is 346 g/mol. The van der Waals surface area contributed by atoms with Crippen LogP contribution in [0, 0.1) is 11.6 Å². The van der Waals surface area contributed by atoms with Crippen molar-refractivity contribution in [3.8, 4) is 0 Å². The highest BCUT2D eigenvalue weighted by atomic mass is 19.1. The summed E-state index contributed by atoms with van der Waals surface area (Å²) >= 11 is 0. The van der Waals surface area contributed by atoms with Gasteiger partial charge < -0.3 is 5.32 Å². The minimum Gasteiger partial charge on any atom is -0.350 e. The topological polar surface area (TPSA) is 32.3 Å². The van der Waals surface area contributed by atoms with Gasteiger partial charge in [-0.1, -0.05) is 36.4 Å². The lowest BCUT2D eigenvalue weighted by atomic mass is 10.0. The maximum absolute atomic E-state index is 14.3. The Balaban J connectivity index is 1.90. The van der Waals surface area contributed by atoms with Gasteiger partial charge in [-0.05, 0) is 50.1 Å². The lowest BCUT2D eigenvalue weighted by Crippen LogP contribution is -2.46. The highest BCUT2D eigenvalue weighted by Crippen LogP contribution is 2.35. The van der Waals surface area contributed by atoms with Crippen molar-refractivity contribution in [1.82, 2.24) is 10.2 Å². The lowest BCUT2D eigenvalue weighted by molar-refractivity contribution is -0.123. The monoisotopic (exact) mass is 370 g/mol. The van der Waals surface area contributed by atoms with E-state index in [1.54, 1.807) is 0 Å². The summed E-state index contributed by atoms with van der Waals surface area (Å²) in [4.78, 5) is 14.4. The number of amides is 1. The van der Waals surface area contributed by atoms with E-state index in [0.29, 0.717) is 12.1 Å². The van der Waals surface area contributed by atoms with Crippen LogP contribution in [0.5, 0.6) is 0 Å². The Kier molecular flexibility index (Phi) is 5.42. The molecule has 0 unspecified atom stereocenters. The van der Waals surface area contributed by atoms with Gasteiger partial charge in [-0.3, -0.25) is 9.69 Å². The number of hydrogen-bond acceptors (Lipinski definition) is 2. The van der Waals surface area contributed by atoms with Gasteiger partial charge in [0.1, 0.15) is 11.6 Å². The van der Waals surface area contributed by atoms with Gasteiger partial charge in [0.15, 0.2) is 0 Å². The largest absolute Gasteiger partial charge is 0.350 e. The molecule has 0 radical (unpaired) electrons. The van der Waals surface area contributed by atoms with E-state index in [1.165, 1.54) is 6.07 Å². The molecule has 0 bridgehead atoms. The SMILES string of the molecule is CC(C)(C)NC(=O)CN1CC(c2cc(F)ccc2F)=C[C@H]1c1ccccc1. The van der Waals surface area contributed by atoms with E-state index in [2.05, 4.69) is 5.32 Å². The van der Waals surface area contributed by atoms with Crippen LogP contribution in [0.2, 0.25) is 0 Å². The highest BCUT2D eigenvalue weighted by molar-refractivity contribution is 5.80. The van der Waals surface area contributed by atoms with Crippen LogP contribution < -0.4 is 5.32 Å². The molecule has 2 aromatic carbocycles. The Hall–Kier alpha value is -2.53. The smallest absolute Gasteiger partial charge is 0.234 e. The van der Waals surface area contributed by atoms with Crippen LogP contribution in [0.15, 0.2) is 54.6 Å². The molecule has 0 fully saturated rings. The summed E-state index contributed by atoms with van der Waals surface area (Å²) in [6.45, 7) is 6.32. The number of halogens is 2. The number of carbonyl (C=O) groups is 1. The third-order valence-corrected chi connectivity index (χ3v) is 4.40. The quantitative estimate of drug-likeness (QED) is 0.869. The molecule has 0 aromatic heterocycles. The standard InChI is InChI=1S/C22H24F2N2O/c1-22(2,3)25-21(27)14-26-13-16(18-12-17(23)9-10-19(18)24)11-20(26)15-7-5-4-6-8-15/h4-12,20H,13-14H2,1-3H3,(H,25,27)/t20-/m0/s1. The van der Waals surface area contributed by atoms with E-state index in [4.69, 9.17) is 0 Å². The van der Waals surface area contributed by atoms with Gasteiger partial charge >= 0.3 is 0 Å². The number of rotatable bonds is 4. The number of hydrogen-bond donors (Lipinski definition) is 1. The molecule has 2 aromatic rings. The molecule has 3 rings (SSSR count). The van der Waals surface area contributed by atoms with Crippen LogP contribution in [0.25, 0.3) is 5.57 Å². The molecule has 0 saturated heterocycles. The summed E-state index contributed by atoms with van der Waals surface area (Å²) < 4.78 is 27.9.